The molecule has 0 atom stereocenters. The molecule has 0 heterocycles. The average molecular weight is 238 g/mol. The summed E-state index contributed by atoms with van der Waals surface area (Å²) in [7, 11) is 0. The Labute approximate surface area is 99.0 Å². The summed E-state index contributed by atoms with van der Waals surface area (Å²) in [6.07, 6.45) is 0.525. The van der Waals surface area contributed by atoms with Gasteiger partial charge < -0.3 is 14.6 Å². The van der Waals surface area contributed by atoms with Gasteiger partial charge in [0.1, 0.15) is 0 Å². The highest BCUT2D eigenvalue weighted by atomic mass is 16.5. The van der Waals surface area contributed by atoms with Crippen molar-refractivity contribution in [3.05, 3.63) is 23.8 Å². The molecule has 1 aromatic rings. The van der Waals surface area contributed by atoms with Crippen molar-refractivity contribution in [3.8, 4) is 11.5 Å². The Morgan fingerprint density at radius 1 is 1.41 bits per heavy atom. The Kier molecular flexibility index (Phi) is 5.00. The van der Waals surface area contributed by atoms with Gasteiger partial charge in [-0.25, -0.2) is 0 Å². The van der Waals surface area contributed by atoms with E-state index in [-0.39, 0.29) is 13.0 Å². The molecule has 0 unspecified atom stereocenters. The molecular formula is C12H14O5. The normalized spacial score (nSPS) is 9.71. The number of ether oxygens (including phenoxy) is 2. The number of hydrogen-bond acceptors (Lipinski definition) is 4. The zero-order valence-corrected chi connectivity index (χ0v) is 9.51. The quantitative estimate of drug-likeness (QED) is 0.732. The molecule has 0 aliphatic carbocycles. The maximum absolute atomic E-state index is 10.8. The fourth-order valence-corrected chi connectivity index (χ4v) is 1.29. The molecule has 0 saturated heterocycles. The van der Waals surface area contributed by atoms with Crippen LogP contribution in [0.5, 0.6) is 11.5 Å². The molecule has 17 heavy (non-hydrogen) atoms. The van der Waals surface area contributed by atoms with Crippen molar-refractivity contribution in [1.29, 1.82) is 0 Å². The van der Waals surface area contributed by atoms with Crippen LogP contribution < -0.4 is 9.47 Å². The first kappa shape index (κ1) is 13.0. The summed E-state index contributed by atoms with van der Waals surface area (Å²) in [6.45, 7) is 2.26. The summed E-state index contributed by atoms with van der Waals surface area (Å²) < 4.78 is 10.6. The zero-order valence-electron chi connectivity index (χ0n) is 9.51. The predicted molar refractivity (Wildman–Crippen MR) is 60.7 cm³/mol. The van der Waals surface area contributed by atoms with Gasteiger partial charge in [0.05, 0.1) is 25.2 Å². The van der Waals surface area contributed by atoms with Crippen LogP contribution in [0.15, 0.2) is 18.2 Å². The molecule has 1 N–H and O–H groups in total. The number of rotatable bonds is 7. The van der Waals surface area contributed by atoms with Gasteiger partial charge in [0.15, 0.2) is 17.8 Å². The largest absolute Gasteiger partial charge is 0.490 e. The summed E-state index contributed by atoms with van der Waals surface area (Å²) in [6, 6.07) is 4.94. The van der Waals surface area contributed by atoms with Crippen LogP contribution in [-0.2, 0) is 4.79 Å². The predicted octanol–water partition coefficient (Wildman–Crippen LogP) is 1.75. The number of para-hydroxylation sites is 1. The first-order valence-corrected chi connectivity index (χ1v) is 5.24. The van der Waals surface area contributed by atoms with E-state index in [4.69, 9.17) is 14.6 Å². The molecule has 92 valence electrons. The summed E-state index contributed by atoms with van der Waals surface area (Å²) >= 11 is 0. The molecule has 0 aliphatic rings. The Morgan fingerprint density at radius 2 is 2.18 bits per heavy atom. The van der Waals surface area contributed by atoms with E-state index in [2.05, 4.69) is 0 Å². The van der Waals surface area contributed by atoms with Crippen molar-refractivity contribution < 1.29 is 24.2 Å². The SMILES string of the molecule is CCOc1cccc(C=O)c1OCCC(=O)O. The second-order valence-electron chi connectivity index (χ2n) is 3.22. The molecule has 0 saturated carbocycles. The number of carboxylic acids is 1. The topological polar surface area (TPSA) is 72.8 Å². The van der Waals surface area contributed by atoms with Gasteiger partial charge in [0, 0.05) is 0 Å². The maximum Gasteiger partial charge on any atom is 0.306 e. The van der Waals surface area contributed by atoms with Crippen LogP contribution in [0.1, 0.15) is 23.7 Å². The lowest BCUT2D eigenvalue weighted by molar-refractivity contribution is -0.137. The Bertz CT molecular complexity index is 400. The van der Waals surface area contributed by atoms with Crippen LogP contribution >= 0.6 is 0 Å². The minimum absolute atomic E-state index is 0.000259. The Hall–Kier alpha value is -2.04. The Balaban J connectivity index is 2.84. The highest BCUT2D eigenvalue weighted by Crippen LogP contribution is 2.30. The third-order valence-electron chi connectivity index (χ3n) is 2.00. The molecule has 0 aromatic heterocycles. The molecular weight excluding hydrogens is 224 g/mol. The van der Waals surface area contributed by atoms with Gasteiger partial charge in [-0.05, 0) is 19.1 Å². The van der Waals surface area contributed by atoms with Crippen molar-refractivity contribution >= 4 is 12.3 Å². The number of aliphatic carboxylic acids is 1. The third-order valence-corrected chi connectivity index (χ3v) is 2.00. The van der Waals surface area contributed by atoms with Crippen LogP contribution in [0.25, 0.3) is 0 Å². The number of carboxylic acid groups (broad SMARTS) is 1. The van der Waals surface area contributed by atoms with Crippen molar-refractivity contribution in [2.45, 2.75) is 13.3 Å². The maximum atomic E-state index is 10.8. The lowest BCUT2D eigenvalue weighted by atomic mass is 10.2. The number of aldehydes is 1. The van der Waals surface area contributed by atoms with E-state index in [0.717, 1.165) is 0 Å². The van der Waals surface area contributed by atoms with Gasteiger partial charge in [-0.2, -0.15) is 0 Å². The van der Waals surface area contributed by atoms with Crippen molar-refractivity contribution in [1.82, 2.24) is 0 Å². The van der Waals surface area contributed by atoms with E-state index in [0.29, 0.717) is 30.0 Å². The van der Waals surface area contributed by atoms with E-state index in [1.807, 2.05) is 6.92 Å². The van der Waals surface area contributed by atoms with Crippen molar-refractivity contribution in [2.24, 2.45) is 0 Å². The fourth-order valence-electron chi connectivity index (χ4n) is 1.29. The fraction of sp³-hybridized carbons (Fsp3) is 0.333. The monoisotopic (exact) mass is 238 g/mol. The lowest BCUT2D eigenvalue weighted by Crippen LogP contribution is -2.07. The van der Waals surface area contributed by atoms with E-state index in [9.17, 15) is 9.59 Å². The van der Waals surface area contributed by atoms with Crippen molar-refractivity contribution in [2.75, 3.05) is 13.2 Å². The van der Waals surface area contributed by atoms with Crippen LogP contribution in [-0.4, -0.2) is 30.6 Å². The van der Waals surface area contributed by atoms with E-state index < -0.39 is 5.97 Å². The zero-order chi connectivity index (χ0) is 12.7. The summed E-state index contributed by atoms with van der Waals surface area (Å²) in [5.74, 6) is -0.209. The van der Waals surface area contributed by atoms with Gasteiger partial charge in [-0.15, -0.1) is 0 Å². The molecule has 1 aromatic carbocycles. The second kappa shape index (κ2) is 6.52. The Morgan fingerprint density at radius 3 is 2.76 bits per heavy atom. The molecule has 0 aliphatic heterocycles. The molecule has 0 spiro atoms. The minimum atomic E-state index is -0.952. The van der Waals surface area contributed by atoms with E-state index in [1.54, 1.807) is 18.2 Å². The number of carbonyl (C=O) groups is 2. The lowest BCUT2D eigenvalue weighted by Gasteiger charge is -2.12. The number of benzene rings is 1. The van der Waals surface area contributed by atoms with Gasteiger partial charge >= 0.3 is 5.97 Å². The highest BCUT2D eigenvalue weighted by Gasteiger charge is 2.11. The van der Waals surface area contributed by atoms with Gasteiger partial charge in [0.2, 0.25) is 0 Å². The molecule has 5 heteroatoms. The summed E-state index contributed by atoms with van der Waals surface area (Å²) in [5.41, 5.74) is 0.348. The van der Waals surface area contributed by atoms with Gasteiger partial charge in [0.25, 0.3) is 0 Å². The second-order valence-corrected chi connectivity index (χ2v) is 3.22. The molecule has 0 fully saturated rings. The van der Waals surface area contributed by atoms with Crippen molar-refractivity contribution in [3.63, 3.8) is 0 Å². The van der Waals surface area contributed by atoms with Crippen LogP contribution in [0.4, 0.5) is 0 Å². The van der Waals surface area contributed by atoms with Crippen LogP contribution in [0, 0.1) is 0 Å². The van der Waals surface area contributed by atoms with E-state index in [1.165, 1.54) is 0 Å². The van der Waals surface area contributed by atoms with E-state index >= 15 is 0 Å². The van der Waals surface area contributed by atoms with Gasteiger partial charge in [-0.1, -0.05) is 6.07 Å². The minimum Gasteiger partial charge on any atom is -0.490 e. The smallest absolute Gasteiger partial charge is 0.306 e. The molecule has 1 rings (SSSR count). The summed E-state index contributed by atoms with van der Waals surface area (Å²) in [4.78, 5) is 21.2. The first-order valence-electron chi connectivity index (χ1n) is 5.24. The molecule has 0 amide bonds. The first-order chi connectivity index (χ1) is 8.19. The number of carbonyl (C=O) groups excluding carboxylic acids is 1. The van der Waals surface area contributed by atoms with Crippen LogP contribution in [0.2, 0.25) is 0 Å². The van der Waals surface area contributed by atoms with Gasteiger partial charge in [-0.3, -0.25) is 9.59 Å². The molecule has 5 nitrogen and oxygen atoms in total. The summed E-state index contributed by atoms with van der Waals surface area (Å²) in [5, 5.41) is 8.51. The molecule has 0 bridgehead atoms. The van der Waals surface area contributed by atoms with Crippen LogP contribution in [0.3, 0.4) is 0 Å². The number of hydrogen-bond donors (Lipinski definition) is 1. The standard InChI is InChI=1S/C12H14O5/c1-2-16-10-5-3-4-9(8-13)12(10)17-7-6-11(14)15/h3-5,8H,2,6-7H2,1H3,(H,14,15). The third kappa shape index (κ3) is 3.79. The average Bonchev–Trinajstić information content (AvgIpc) is 2.30. The highest BCUT2D eigenvalue weighted by molar-refractivity contribution is 5.81. The molecule has 0 radical (unpaired) electrons.